The van der Waals surface area contributed by atoms with E-state index in [1.165, 1.54) is 5.56 Å². The summed E-state index contributed by atoms with van der Waals surface area (Å²) in [4.78, 5) is 2.01. The maximum absolute atomic E-state index is 6.20. The molecule has 0 heterocycles. The Kier molecular flexibility index (Phi) is 3.85. The Hall–Kier alpha value is -0.210. The van der Waals surface area contributed by atoms with Gasteiger partial charge in [0.1, 0.15) is 0 Å². The first kappa shape index (κ1) is 11.9. The van der Waals surface area contributed by atoms with Crippen molar-refractivity contribution in [2.75, 3.05) is 19.0 Å². The van der Waals surface area contributed by atoms with E-state index in [1.807, 2.05) is 25.1 Å². The average molecular weight is 277 g/mol. The van der Waals surface area contributed by atoms with Gasteiger partial charge in [0.05, 0.1) is 10.7 Å². The molecule has 1 aromatic carbocycles. The van der Waals surface area contributed by atoms with Crippen molar-refractivity contribution < 1.29 is 0 Å². The molecule has 14 heavy (non-hydrogen) atoms. The second-order valence-electron chi connectivity index (χ2n) is 3.88. The van der Waals surface area contributed by atoms with Gasteiger partial charge >= 0.3 is 0 Å². The van der Waals surface area contributed by atoms with E-state index in [4.69, 9.17) is 11.6 Å². The Morgan fingerprint density at radius 1 is 1.29 bits per heavy atom. The first-order valence-corrected chi connectivity index (χ1v) is 5.77. The Bertz CT molecular complexity index is 311. The van der Waals surface area contributed by atoms with Crippen molar-refractivity contribution in [3.63, 3.8) is 0 Å². The first-order valence-electron chi connectivity index (χ1n) is 4.59. The van der Waals surface area contributed by atoms with Gasteiger partial charge in [-0.25, -0.2) is 0 Å². The monoisotopic (exact) mass is 275 g/mol. The zero-order chi connectivity index (χ0) is 10.9. The molecule has 0 spiro atoms. The Morgan fingerprint density at radius 2 is 1.86 bits per heavy atom. The molecule has 3 heteroatoms. The number of nitrogens with zero attached hydrogens (tertiary/aromatic N) is 1. The standard InChI is InChI=1S/C11H15BrClN/c1-7(2)8-5-9(12)11(14(3)4)10(13)6-8/h5-7H,1-4H3. The smallest absolute Gasteiger partial charge is 0.0694 e. The normalized spacial score (nSPS) is 10.8. The molecular formula is C11H15BrClN. The van der Waals surface area contributed by atoms with Crippen molar-refractivity contribution in [2.24, 2.45) is 0 Å². The summed E-state index contributed by atoms with van der Waals surface area (Å²) in [6.45, 7) is 4.32. The number of hydrogen-bond donors (Lipinski definition) is 0. The van der Waals surface area contributed by atoms with Gasteiger partial charge in [0.25, 0.3) is 0 Å². The van der Waals surface area contributed by atoms with Crippen molar-refractivity contribution >= 4 is 33.2 Å². The SMILES string of the molecule is CC(C)c1cc(Cl)c(N(C)C)c(Br)c1. The van der Waals surface area contributed by atoms with Crippen molar-refractivity contribution in [1.82, 2.24) is 0 Å². The van der Waals surface area contributed by atoms with Crippen LogP contribution in [-0.4, -0.2) is 14.1 Å². The molecule has 0 fully saturated rings. The molecule has 0 aliphatic carbocycles. The van der Waals surface area contributed by atoms with E-state index in [-0.39, 0.29) is 0 Å². The summed E-state index contributed by atoms with van der Waals surface area (Å²) in [7, 11) is 3.97. The summed E-state index contributed by atoms with van der Waals surface area (Å²) in [5, 5.41) is 0.799. The van der Waals surface area contributed by atoms with Crippen LogP contribution in [-0.2, 0) is 0 Å². The third-order valence-corrected chi connectivity index (χ3v) is 3.05. The van der Waals surface area contributed by atoms with E-state index in [0.29, 0.717) is 5.92 Å². The molecule has 1 aromatic rings. The lowest BCUT2D eigenvalue weighted by molar-refractivity contribution is 0.865. The number of rotatable bonds is 2. The maximum Gasteiger partial charge on any atom is 0.0694 e. The van der Waals surface area contributed by atoms with Crippen LogP contribution < -0.4 is 4.90 Å². The minimum absolute atomic E-state index is 0.500. The van der Waals surface area contributed by atoms with Crippen molar-refractivity contribution in [3.8, 4) is 0 Å². The van der Waals surface area contributed by atoms with E-state index in [0.717, 1.165) is 15.2 Å². The third kappa shape index (κ3) is 2.43. The summed E-state index contributed by atoms with van der Waals surface area (Å²) >= 11 is 9.74. The Balaban J connectivity index is 3.25. The van der Waals surface area contributed by atoms with Gasteiger partial charge in [-0.2, -0.15) is 0 Å². The van der Waals surface area contributed by atoms with Gasteiger partial charge in [-0.3, -0.25) is 0 Å². The molecule has 0 aliphatic rings. The van der Waals surface area contributed by atoms with Gasteiger partial charge in [0, 0.05) is 18.6 Å². The number of anilines is 1. The highest BCUT2D eigenvalue weighted by Gasteiger charge is 2.10. The molecule has 0 amide bonds. The van der Waals surface area contributed by atoms with E-state index in [2.05, 4.69) is 35.8 Å². The fraction of sp³-hybridized carbons (Fsp3) is 0.455. The molecule has 0 aliphatic heterocycles. The van der Waals surface area contributed by atoms with Crippen LogP contribution in [0, 0.1) is 0 Å². The number of hydrogen-bond acceptors (Lipinski definition) is 1. The topological polar surface area (TPSA) is 3.24 Å². The lowest BCUT2D eigenvalue weighted by Crippen LogP contribution is -2.10. The molecule has 1 rings (SSSR count). The maximum atomic E-state index is 6.20. The lowest BCUT2D eigenvalue weighted by atomic mass is 10.0. The van der Waals surface area contributed by atoms with Crippen LogP contribution in [0.25, 0.3) is 0 Å². The highest BCUT2D eigenvalue weighted by Crippen LogP contribution is 2.35. The van der Waals surface area contributed by atoms with Gasteiger partial charge in [-0.05, 0) is 39.5 Å². The molecular weight excluding hydrogens is 261 g/mol. The molecule has 0 unspecified atom stereocenters. The summed E-state index contributed by atoms with van der Waals surface area (Å²) in [6, 6.07) is 4.16. The van der Waals surface area contributed by atoms with Crippen molar-refractivity contribution in [2.45, 2.75) is 19.8 Å². The zero-order valence-electron chi connectivity index (χ0n) is 8.94. The van der Waals surface area contributed by atoms with E-state index < -0.39 is 0 Å². The molecule has 0 aromatic heterocycles. The van der Waals surface area contributed by atoms with Gasteiger partial charge in [-0.1, -0.05) is 25.4 Å². The van der Waals surface area contributed by atoms with Crippen LogP contribution in [0.15, 0.2) is 16.6 Å². The minimum atomic E-state index is 0.500. The summed E-state index contributed by atoms with van der Waals surface area (Å²) in [5.74, 6) is 0.500. The summed E-state index contributed by atoms with van der Waals surface area (Å²) < 4.78 is 1.05. The lowest BCUT2D eigenvalue weighted by Gasteiger charge is -2.18. The molecule has 78 valence electrons. The molecule has 0 atom stereocenters. The van der Waals surface area contributed by atoms with Gasteiger partial charge < -0.3 is 4.90 Å². The molecule has 0 radical (unpaired) electrons. The van der Waals surface area contributed by atoms with Gasteiger partial charge in [-0.15, -0.1) is 0 Å². The molecule has 0 N–H and O–H groups in total. The average Bonchev–Trinajstić information content (AvgIpc) is 2.01. The molecule has 0 saturated heterocycles. The third-order valence-electron chi connectivity index (χ3n) is 2.15. The predicted molar refractivity (Wildman–Crippen MR) is 67.6 cm³/mol. The zero-order valence-corrected chi connectivity index (χ0v) is 11.3. The number of benzene rings is 1. The number of halogens is 2. The van der Waals surface area contributed by atoms with Gasteiger partial charge in [0.15, 0.2) is 0 Å². The molecule has 1 nitrogen and oxygen atoms in total. The van der Waals surface area contributed by atoms with Gasteiger partial charge in [0.2, 0.25) is 0 Å². The highest BCUT2D eigenvalue weighted by molar-refractivity contribution is 9.10. The Labute approximate surface area is 99.2 Å². The highest BCUT2D eigenvalue weighted by atomic mass is 79.9. The van der Waals surface area contributed by atoms with Crippen LogP contribution >= 0.6 is 27.5 Å². The fourth-order valence-corrected chi connectivity index (χ4v) is 2.69. The van der Waals surface area contributed by atoms with Crippen LogP contribution in [0.1, 0.15) is 25.3 Å². The van der Waals surface area contributed by atoms with E-state index >= 15 is 0 Å². The molecule has 0 saturated carbocycles. The minimum Gasteiger partial charge on any atom is -0.376 e. The quantitative estimate of drug-likeness (QED) is 0.779. The van der Waals surface area contributed by atoms with Crippen LogP contribution in [0.4, 0.5) is 5.69 Å². The molecule has 0 bridgehead atoms. The first-order chi connectivity index (χ1) is 6.43. The largest absolute Gasteiger partial charge is 0.376 e. The summed E-state index contributed by atoms with van der Waals surface area (Å²) in [6.07, 6.45) is 0. The van der Waals surface area contributed by atoms with Crippen LogP contribution in [0.2, 0.25) is 5.02 Å². The van der Waals surface area contributed by atoms with E-state index in [9.17, 15) is 0 Å². The second-order valence-corrected chi connectivity index (χ2v) is 5.14. The fourth-order valence-electron chi connectivity index (χ4n) is 1.35. The van der Waals surface area contributed by atoms with Crippen molar-refractivity contribution in [1.29, 1.82) is 0 Å². The second kappa shape index (κ2) is 4.54. The van der Waals surface area contributed by atoms with Crippen molar-refractivity contribution in [3.05, 3.63) is 27.2 Å². The van der Waals surface area contributed by atoms with E-state index in [1.54, 1.807) is 0 Å². The summed E-state index contributed by atoms with van der Waals surface area (Å²) in [5.41, 5.74) is 2.29. The van der Waals surface area contributed by atoms with Crippen LogP contribution in [0.3, 0.4) is 0 Å². The Morgan fingerprint density at radius 3 is 2.21 bits per heavy atom. The van der Waals surface area contributed by atoms with Crippen LogP contribution in [0.5, 0.6) is 0 Å². The predicted octanol–water partition coefficient (Wildman–Crippen LogP) is 4.29.